The molecule has 0 saturated carbocycles. The highest BCUT2D eigenvalue weighted by atomic mass is 32.1. The van der Waals surface area contributed by atoms with Crippen LogP contribution in [0.2, 0.25) is 0 Å². The van der Waals surface area contributed by atoms with E-state index in [2.05, 4.69) is 24.1 Å². The van der Waals surface area contributed by atoms with Crippen LogP contribution in [0.4, 0.5) is 5.13 Å². The summed E-state index contributed by atoms with van der Waals surface area (Å²) in [6, 6.07) is 4.86. The maximum absolute atomic E-state index is 12.4. The topological polar surface area (TPSA) is 86.8 Å². The molecule has 0 aliphatic heterocycles. The number of ether oxygens (including phenoxy) is 3. The van der Waals surface area contributed by atoms with Crippen LogP contribution in [0, 0.1) is 5.92 Å². The summed E-state index contributed by atoms with van der Waals surface area (Å²) in [6.45, 7) is 4.66. The molecular formula is C19H24N2O5S. The zero-order valence-electron chi connectivity index (χ0n) is 15.9. The van der Waals surface area contributed by atoms with Gasteiger partial charge in [-0.1, -0.05) is 13.8 Å². The van der Waals surface area contributed by atoms with Crippen LogP contribution in [0.25, 0.3) is 0 Å². The second kappa shape index (κ2) is 9.91. The number of ketones is 1. The molecule has 1 aromatic carbocycles. The SMILES string of the molecule is COc1ccc(OC)c(C(=O)COC(=O)c2csc(NCCC(C)C)n2)c1. The second-order valence-electron chi connectivity index (χ2n) is 6.21. The molecule has 1 aromatic heterocycles. The van der Waals surface area contributed by atoms with Gasteiger partial charge in [-0.15, -0.1) is 11.3 Å². The first-order chi connectivity index (χ1) is 12.9. The van der Waals surface area contributed by atoms with Gasteiger partial charge in [-0.25, -0.2) is 9.78 Å². The molecule has 0 aliphatic carbocycles. The number of nitrogens with zero attached hydrogens (tertiary/aromatic N) is 1. The van der Waals surface area contributed by atoms with Crippen molar-refractivity contribution in [2.24, 2.45) is 5.92 Å². The summed E-state index contributed by atoms with van der Waals surface area (Å²) >= 11 is 1.33. The number of methoxy groups -OCH3 is 2. The third kappa shape index (κ3) is 5.96. The molecule has 0 aliphatic rings. The number of aromatic nitrogens is 1. The highest BCUT2D eigenvalue weighted by Gasteiger charge is 2.18. The molecule has 8 heteroatoms. The number of thiazole rings is 1. The van der Waals surface area contributed by atoms with E-state index in [1.54, 1.807) is 23.6 Å². The monoisotopic (exact) mass is 392 g/mol. The molecular weight excluding hydrogens is 368 g/mol. The van der Waals surface area contributed by atoms with E-state index in [-0.39, 0.29) is 11.5 Å². The normalized spacial score (nSPS) is 10.6. The van der Waals surface area contributed by atoms with Crippen molar-refractivity contribution in [3.05, 3.63) is 34.8 Å². The molecule has 0 amide bonds. The van der Waals surface area contributed by atoms with Crippen molar-refractivity contribution in [3.8, 4) is 11.5 Å². The standard InChI is InChI=1S/C19H24N2O5S/c1-12(2)7-8-20-19-21-15(11-27-19)18(23)26-10-16(22)14-9-13(24-3)5-6-17(14)25-4/h5-6,9,11-12H,7-8,10H2,1-4H3,(H,20,21). The minimum atomic E-state index is -0.640. The Kier molecular flexibility index (Phi) is 7.60. The molecule has 0 bridgehead atoms. The van der Waals surface area contributed by atoms with Crippen LogP contribution in [-0.2, 0) is 4.74 Å². The van der Waals surface area contributed by atoms with E-state index in [1.165, 1.54) is 25.6 Å². The molecule has 0 atom stereocenters. The number of esters is 1. The minimum Gasteiger partial charge on any atom is -0.497 e. The molecule has 0 spiro atoms. The Morgan fingerprint density at radius 2 is 2.00 bits per heavy atom. The van der Waals surface area contributed by atoms with Gasteiger partial charge < -0.3 is 19.5 Å². The predicted molar refractivity (Wildman–Crippen MR) is 104 cm³/mol. The van der Waals surface area contributed by atoms with Crippen molar-refractivity contribution in [3.63, 3.8) is 0 Å². The van der Waals surface area contributed by atoms with Crippen LogP contribution < -0.4 is 14.8 Å². The van der Waals surface area contributed by atoms with Crippen molar-refractivity contribution < 1.29 is 23.8 Å². The molecule has 2 rings (SSSR count). The number of hydrogen-bond acceptors (Lipinski definition) is 8. The first kappa shape index (κ1) is 20.7. The first-order valence-corrected chi connectivity index (χ1v) is 9.44. The fourth-order valence-corrected chi connectivity index (χ4v) is 2.94. The van der Waals surface area contributed by atoms with E-state index in [0.717, 1.165) is 13.0 Å². The maximum atomic E-state index is 12.4. The van der Waals surface area contributed by atoms with Gasteiger partial charge in [-0.05, 0) is 30.5 Å². The Hall–Kier alpha value is -2.61. The molecule has 0 fully saturated rings. The fourth-order valence-electron chi connectivity index (χ4n) is 2.23. The highest BCUT2D eigenvalue weighted by molar-refractivity contribution is 7.13. The largest absolute Gasteiger partial charge is 0.497 e. The number of rotatable bonds is 10. The molecule has 0 radical (unpaired) electrons. The maximum Gasteiger partial charge on any atom is 0.358 e. The van der Waals surface area contributed by atoms with E-state index >= 15 is 0 Å². The Bertz CT molecular complexity index is 788. The lowest BCUT2D eigenvalue weighted by atomic mass is 10.1. The number of anilines is 1. The molecule has 0 saturated heterocycles. The van der Waals surface area contributed by atoms with Crippen LogP contribution in [0.3, 0.4) is 0 Å². The van der Waals surface area contributed by atoms with Crippen LogP contribution in [0.15, 0.2) is 23.6 Å². The van der Waals surface area contributed by atoms with Crippen molar-refractivity contribution >= 4 is 28.2 Å². The smallest absolute Gasteiger partial charge is 0.358 e. The Morgan fingerprint density at radius 1 is 1.22 bits per heavy atom. The van der Waals surface area contributed by atoms with Crippen LogP contribution in [0.1, 0.15) is 41.1 Å². The van der Waals surface area contributed by atoms with Crippen molar-refractivity contribution in [1.82, 2.24) is 4.98 Å². The summed E-state index contributed by atoms with van der Waals surface area (Å²) in [7, 11) is 2.97. The highest BCUT2D eigenvalue weighted by Crippen LogP contribution is 2.24. The van der Waals surface area contributed by atoms with Crippen LogP contribution in [0.5, 0.6) is 11.5 Å². The molecule has 1 heterocycles. The Balaban J connectivity index is 1.93. The lowest BCUT2D eigenvalue weighted by Gasteiger charge is -2.09. The van der Waals surface area contributed by atoms with Gasteiger partial charge in [0, 0.05) is 11.9 Å². The lowest BCUT2D eigenvalue weighted by Crippen LogP contribution is -2.15. The van der Waals surface area contributed by atoms with Gasteiger partial charge in [0.25, 0.3) is 0 Å². The third-order valence-corrected chi connectivity index (χ3v) is 4.55. The summed E-state index contributed by atoms with van der Waals surface area (Å²) in [6.07, 6.45) is 1.01. The zero-order chi connectivity index (χ0) is 19.8. The van der Waals surface area contributed by atoms with Crippen molar-refractivity contribution in [2.75, 3.05) is 32.7 Å². The molecule has 2 aromatic rings. The summed E-state index contributed by atoms with van der Waals surface area (Å²) in [5, 5.41) is 5.44. The van der Waals surface area contributed by atoms with Gasteiger partial charge in [-0.2, -0.15) is 0 Å². The van der Waals surface area contributed by atoms with Gasteiger partial charge in [-0.3, -0.25) is 4.79 Å². The summed E-state index contributed by atoms with van der Waals surface area (Å²) < 4.78 is 15.4. The number of hydrogen-bond donors (Lipinski definition) is 1. The van der Waals surface area contributed by atoms with Gasteiger partial charge in [0.1, 0.15) is 11.5 Å². The number of carbonyl (C=O) groups excluding carboxylic acids is 2. The fraction of sp³-hybridized carbons (Fsp3) is 0.421. The predicted octanol–water partition coefficient (Wildman–Crippen LogP) is 3.66. The lowest BCUT2D eigenvalue weighted by molar-refractivity contribution is 0.0469. The van der Waals surface area contributed by atoms with Gasteiger partial charge in [0.15, 0.2) is 17.4 Å². The van der Waals surface area contributed by atoms with Crippen LogP contribution in [-0.4, -0.2) is 44.1 Å². The number of carbonyl (C=O) groups is 2. The van der Waals surface area contributed by atoms with E-state index in [9.17, 15) is 9.59 Å². The Morgan fingerprint density at radius 3 is 2.67 bits per heavy atom. The summed E-state index contributed by atoms with van der Waals surface area (Å²) in [5.41, 5.74) is 0.469. The molecule has 0 unspecified atom stereocenters. The first-order valence-electron chi connectivity index (χ1n) is 8.56. The second-order valence-corrected chi connectivity index (χ2v) is 7.07. The summed E-state index contributed by atoms with van der Waals surface area (Å²) in [5.74, 6) is 0.466. The van der Waals surface area contributed by atoms with E-state index in [4.69, 9.17) is 14.2 Å². The number of nitrogens with one attached hydrogen (secondary N) is 1. The molecule has 7 nitrogen and oxygen atoms in total. The average molecular weight is 392 g/mol. The average Bonchev–Trinajstić information content (AvgIpc) is 3.14. The quantitative estimate of drug-likeness (QED) is 0.488. The summed E-state index contributed by atoms with van der Waals surface area (Å²) in [4.78, 5) is 28.7. The molecule has 146 valence electrons. The molecule has 27 heavy (non-hydrogen) atoms. The van der Waals surface area contributed by atoms with Crippen molar-refractivity contribution in [1.29, 1.82) is 0 Å². The number of Topliss-reactive ketones (excluding diaryl/α,β-unsaturated/α-hetero) is 1. The third-order valence-electron chi connectivity index (χ3n) is 3.75. The van der Waals surface area contributed by atoms with Crippen molar-refractivity contribution in [2.45, 2.75) is 20.3 Å². The van der Waals surface area contributed by atoms with Gasteiger partial charge in [0.2, 0.25) is 5.78 Å². The van der Waals surface area contributed by atoms with Gasteiger partial charge >= 0.3 is 5.97 Å². The van der Waals surface area contributed by atoms with E-state index < -0.39 is 12.6 Å². The van der Waals surface area contributed by atoms with E-state index in [1.807, 2.05) is 0 Å². The Labute approximate surface area is 162 Å². The minimum absolute atomic E-state index is 0.178. The number of benzene rings is 1. The van der Waals surface area contributed by atoms with Gasteiger partial charge in [0.05, 0.1) is 19.8 Å². The van der Waals surface area contributed by atoms with E-state index in [0.29, 0.717) is 28.1 Å². The zero-order valence-corrected chi connectivity index (χ0v) is 16.7. The van der Waals surface area contributed by atoms with Crippen LogP contribution >= 0.6 is 11.3 Å². The molecule has 1 N–H and O–H groups in total.